The second-order valence-electron chi connectivity index (χ2n) is 4.34. The summed E-state index contributed by atoms with van der Waals surface area (Å²) in [5.41, 5.74) is 4.37. The lowest BCUT2D eigenvalue weighted by atomic mass is 9.95. The fraction of sp³-hybridized carbons (Fsp3) is 0.200. The molecule has 0 atom stereocenters. The fourth-order valence-electron chi connectivity index (χ4n) is 1.98. The lowest BCUT2D eigenvalue weighted by molar-refractivity contribution is 0.282. The van der Waals surface area contributed by atoms with Gasteiger partial charge in [-0.15, -0.1) is 0 Å². The van der Waals surface area contributed by atoms with Gasteiger partial charge in [0.2, 0.25) is 0 Å². The van der Waals surface area contributed by atoms with Gasteiger partial charge in [-0.2, -0.15) is 10.5 Å². The third kappa shape index (κ3) is 2.49. The number of aliphatic hydroxyl groups excluding tert-OH is 1. The van der Waals surface area contributed by atoms with Gasteiger partial charge in [0.05, 0.1) is 35.6 Å². The number of aliphatic hydroxyl groups is 1. The largest absolute Gasteiger partial charge is 0.392 e. The third-order valence-corrected chi connectivity index (χ3v) is 3.12. The van der Waals surface area contributed by atoms with Crippen molar-refractivity contribution in [3.8, 4) is 12.1 Å². The predicted molar refractivity (Wildman–Crippen MR) is 71.0 cm³/mol. The van der Waals surface area contributed by atoms with E-state index in [1.807, 2.05) is 31.2 Å². The zero-order valence-corrected chi connectivity index (χ0v) is 10.6. The number of nitrogens with one attached hydrogen (secondary N) is 1. The van der Waals surface area contributed by atoms with E-state index in [4.69, 9.17) is 10.4 Å². The minimum absolute atomic E-state index is 0.00459. The van der Waals surface area contributed by atoms with Crippen LogP contribution in [0.25, 0.3) is 5.70 Å². The van der Waals surface area contributed by atoms with Gasteiger partial charge in [0, 0.05) is 12.1 Å². The molecule has 1 aromatic carbocycles. The lowest BCUT2D eigenvalue weighted by Gasteiger charge is -2.20. The van der Waals surface area contributed by atoms with Crippen molar-refractivity contribution < 1.29 is 5.11 Å². The highest BCUT2D eigenvalue weighted by Gasteiger charge is 2.18. The summed E-state index contributed by atoms with van der Waals surface area (Å²) in [5, 5.41) is 30.3. The molecule has 0 aliphatic carbocycles. The number of nitrogens with zero attached hydrogens (tertiary/aromatic N) is 2. The number of hydrogen-bond donors (Lipinski definition) is 2. The molecule has 0 unspecified atom stereocenters. The van der Waals surface area contributed by atoms with Crippen molar-refractivity contribution in [1.82, 2.24) is 5.32 Å². The maximum atomic E-state index is 9.20. The fourth-order valence-corrected chi connectivity index (χ4v) is 1.98. The van der Waals surface area contributed by atoms with Gasteiger partial charge in [0.25, 0.3) is 0 Å². The van der Waals surface area contributed by atoms with Gasteiger partial charge in [0.15, 0.2) is 0 Å². The Balaban J connectivity index is 2.40. The van der Waals surface area contributed by atoms with E-state index >= 15 is 0 Å². The quantitative estimate of drug-likeness (QED) is 0.844. The molecule has 1 aromatic rings. The van der Waals surface area contributed by atoms with Crippen LogP contribution in [0.1, 0.15) is 24.5 Å². The molecular weight excluding hydrogens is 238 g/mol. The molecule has 2 N–H and O–H groups in total. The van der Waals surface area contributed by atoms with Gasteiger partial charge in [-0.3, -0.25) is 0 Å². The van der Waals surface area contributed by atoms with Crippen molar-refractivity contribution in [2.24, 2.45) is 0 Å². The molecule has 19 heavy (non-hydrogen) atoms. The molecule has 1 heterocycles. The highest BCUT2D eigenvalue weighted by atomic mass is 16.3. The standard InChI is InChI=1S/C15H13N3O/c1-10-13(7-16)6-14(8-17)15(18-10)12-4-2-11(9-19)3-5-12/h2-5,18-19H,6,9H2,1H3. The van der Waals surface area contributed by atoms with Crippen molar-refractivity contribution in [2.45, 2.75) is 20.0 Å². The average molecular weight is 251 g/mol. The van der Waals surface area contributed by atoms with Crippen LogP contribution >= 0.6 is 0 Å². The van der Waals surface area contributed by atoms with E-state index in [1.165, 1.54) is 0 Å². The molecule has 0 bridgehead atoms. The van der Waals surface area contributed by atoms with Crippen LogP contribution in [0.15, 0.2) is 41.1 Å². The van der Waals surface area contributed by atoms with Gasteiger partial charge in [-0.25, -0.2) is 0 Å². The van der Waals surface area contributed by atoms with Crippen LogP contribution in [0, 0.1) is 22.7 Å². The Morgan fingerprint density at radius 2 is 1.79 bits per heavy atom. The van der Waals surface area contributed by atoms with E-state index in [1.54, 1.807) is 0 Å². The first-order chi connectivity index (χ1) is 9.19. The van der Waals surface area contributed by atoms with E-state index in [2.05, 4.69) is 17.5 Å². The van der Waals surface area contributed by atoms with Crippen LogP contribution in [0.5, 0.6) is 0 Å². The molecule has 0 saturated heterocycles. The summed E-state index contributed by atoms with van der Waals surface area (Å²) in [6, 6.07) is 11.6. The molecule has 0 radical (unpaired) electrons. The molecule has 2 rings (SSSR count). The summed E-state index contributed by atoms with van der Waals surface area (Å²) < 4.78 is 0. The monoisotopic (exact) mass is 251 g/mol. The van der Waals surface area contributed by atoms with Gasteiger partial charge < -0.3 is 10.4 Å². The summed E-state index contributed by atoms with van der Waals surface area (Å²) in [5.74, 6) is 0. The van der Waals surface area contributed by atoms with Crippen molar-refractivity contribution in [1.29, 1.82) is 10.5 Å². The number of benzene rings is 1. The normalized spacial score (nSPS) is 14.7. The Morgan fingerprint density at radius 3 is 2.32 bits per heavy atom. The number of nitriles is 2. The van der Waals surface area contributed by atoms with Crippen LogP contribution in [0.2, 0.25) is 0 Å². The zero-order valence-electron chi connectivity index (χ0n) is 10.6. The maximum Gasteiger partial charge on any atom is 0.0973 e. The Morgan fingerprint density at radius 1 is 1.16 bits per heavy atom. The number of allylic oxidation sites excluding steroid dienone is 3. The minimum Gasteiger partial charge on any atom is -0.392 e. The summed E-state index contributed by atoms with van der Waals surface area (Å²) >= 11 is 0. The van der Waals surface area contributed by atoms with Crippen molar-refractivity contribution in [3.05, 3.63) is 52.2 Å². The molecule has 1 aliphatic heterocycles. The van der Waals surface area contributed by atoms with Crippen LogP contribution < -0.4 is 5.32 Å². The van der Waals surface area contributed by atoms with Crippen LogP contribution in [-0.4, -0.2) is 5.11 Å². The molecule has 94 valence electrons. The topological polar surface area (TPSA) is 79.8 Å². The van der Waals surface area contributed by atoms with E-state index in [0.29, 0.717) is 17.6 Å². The second-order valence-corrected chi connectivity index (χ2v) is 4.34. The van der Waals surface area contributed by atoms with E-state index in [9.17, 15) is 5.26 Å². The average Bonchev–Trinajstić information content (AvgIpc) is 2.47. The van der Waals surface area contributed by atoms with Gasteiger partial charge in [0.1, 0.15) is 0 Å². The SMILES string of the molecule is CC1=C(C#N)CC(C#N)=C(c2ccc(CO)cc2)N1. The molecule has 0 fully saturated rings. The van der Waals surface area contributed by atoms with E-state index in [0.717, 1.165) is 22.5 Å². The molecule has 0 aromatic heterocycles. The Bertz CT molecular complexity index is 639. The van der Waals surface area contributed by atoms with Crippen molar-refractivity contribution in [2.75, 3.05) is 0 Å². The summed E-state index contributed by atoms with van der Waals surface area (Å²) in [7, 11) is 0. The maximum absolute atomic E-state index is 9.20. The first kappa shape index (κ1) is 12.9. The molecule has 4 nitrogen and oxygen atoms in total. The molecule has 0 saturated carbocycles. The molecule has 1 aliphatic rings. The third-order valence-electron chi connectivity index (χ3n) is 3.12. The number of hydrogen-bond acceptors (Lipinski definition) is 4. The number of dihydropyridines is 1. The molecule has 0 spiro atoms. The van der Waals surface area contributed by atoms with Gasteiger partial charge >= 0.3 is 0 Å². The molecule has 4 heteroatoms. The van der Waals surface area contributed by atoms with Gasteiger partial charge in [-0.1, -0.05) is 24.3 Å². The molecular formula is C15H13N3O. The van der Waals surface area contributed by atoms with Gasteiger partial charge in [-0.05, 0) is 18.1 Å². The highest BCUT2D eigenvalue weighted by molar-refractivity contribution is 5.74. The van der Waals surface area contributed by atoms with Crippen LogP contribution in [0.3, 0.4) is 0 Å². The number of rotatable bonds is 2. The minimum atomic E-state index is -0.00459. The first-order valence-electron chi connectivity index (χ1n) is 5.90. The smallest absolute Gasteiger partial charge is 0.0973 e. The molecule has 0 amide bonds. The Hall–Kier alpha value is -2.56. The van der Waals surface area contributed by atoms with E-state index < -0.39 is 0 Å². The first-order valence-corrected chi connectivity index (χ1v) is 5.90. The summed E-state index contributed by atoms with van der Waals surface area (Å²) in [4.78, 5) is 0. The van der Waals surface area contributed by atoms with E-state index in [-0.39, 0.29) is 6.61 Å². The van der Waals surface area contributed by atoms with Crippen molar-refractivity contribution in [3.63, 3.8) is 0 Å². The Labute approximate surface area is 111 Å². The highest BCUT2D eigenvalue weighted by Crippen LogP contribution is 2.28. The Kier molecular flexibility index (Phi) is 3.66. The predicted octanol–water partition coefficient (Wildman–Crippen LogP) is 2.20. The van der Waals surface area contributed by atoms with Crippen molar-refractivity contribution >= 4 is 5.70 Å². The van der Waals surface area contributed by atoms with Crippen LogP contribution in [-0.2, 0) is 6.61 Å². The van der Waals surface area contributed by atoms with Crippen LogP contribution in [0.4, 0.5) is 0 Å². The zero-order chi connectivity index (χ0) is 13.8. The summed E-state index contributed by atoms with van der Waals surface area (Å²) in [6.07, 6.45) is 0.364. The lowest BCUT2D eigenvalue weighted by Crippen LogP contribution is -2.18. The second kappa shape index (κ2) is 5.39. The summed E-state index contributed by atoms with van der Waals surface area (Å²) in [6.45, 7) is 1.82.